The van der Waals surface area contributed by atoms with Crippen molar-refractivity contribution in [1.29, 1.82) is 0 Å². The molecular weight excluding hydrogens is 520 g/mol. The second-order valence-corrected chi connectivity index (χ2v) is 10.2. The second-order valence-electron chi connectivity index (χ2n) is 8.23. The Labute approximate surface area is 229 Å². The van der Waals surface area contributed by atoms with Crippen molar-refractivity contribution in [1.82, 2.24) is 0 Å². The van der Waals surface area contributed by atoms with Crippen molar-refractivity contribution < 1.29 is 23.9 Å². The molecule has 0 unspecified atom stereocenters. The Morgan fingerprint density at radius 2 is 1.66 bits per heavy atom. The highest BCUT2D eigenvalue weighted by molar-refractivity contribution is 8.00. The number of para-hydroxylation sites is 1. The van der Waals surface area contributed by atoms with Crippen LogP contribution in [0.3, 0.4) is 0 Å². The molecule has 2 amide bonds. The number of rotatable bonds is 10. The summed E-state index contributed by atoms with van der Waals surface area (Å²) in [6, 6.07) is 24.1. The number of nitrogens with one attached hydrogen (secondary N) is 2. The summed E-state index contributed by atoms with van der Waals surface area (Å²) in [5.41, 5.74) is 3.63. The minimum atomic E-state index is -0.510. The number of benzene rings is 3. The van der Waals surface area contributed by atoms with Crippen molar-refractivity contribution in [2.75, 3.05) is 30.1 Å². The number of methoxy groups -OCH3 is 1. The van der Waals surface area contributed by atoms with Crippen molar-refractivity contribution in [3.63, 3.8) is 0 Å². The monoisotopic (exact) mass is 546 g/mol. The normalized spacial score (nSPS) is 10.5. The minimum absolute atomic E-state index is 0.113. The van der Waals surface area contributed by atoms with Gasteiger partial charge >= 0.3 is 5.97 Å². The van der Waals surface area contributed by atoms with Crippen molar-refractivity contribution >= 4 is 51.6 Å². The molecule has 7 nitrogen and oxygen atoms in total. The van der Waals surface area contributed by atoms with Gasteiger partial charge in [0, 0.05) is 21.5 Å². The van der Waals surface area contributed by atoms with E-state index in [1.165, 1.54) is 30.2 Å². The van der Waals surface area contributed by atoms with Crippen LogP contribution in [0.15, 0.2) is 89.1 Å². The quantitative estimate of drug-likeness (QED) is 0.180. The van der Waals surface area contributed by atoms with Crippen LogP contribution in [-0.4, -0.2) is 37.3 Å². The Morgan fingerprint density at radius 1 is 0.895 bits per heavy atom. The Hall–Kier alpha value is -4.08. The van der Waals surface area contributed by atoms with Gasteiger partial charge in [0.1, 0.15) is 16.3 Å². The van der Waals surface area contributed by atoms with Gasteiger partial charge in [0.15, 0.2) is 6.61 Å². The highest BCUT2D eigenvalue weighted by Gasteiger charge is 2.22. The Bertz CT molecular complexity index is 1420. The fourth-order valence-electron chi connectivity index (χ4n) is 3.54. The lowest BCUT2D eigenvalue weighted by Crippen LogP contribution is -2.20. The predicted octanol–water partition coefficient (Wildman–Crippen LogP) is 6.26. The first-order chi connectivity index (χ1) is 18.4. The molecule has 0 aliphatic rings. The maximum Gasteiger partial charge on any atom is 0.341 e. The Kier molecular flexibility index (Phi) is 9.18. The molecule has 0 atom stereocenters. The number of amides is 2. The van der Waals surface area contributed by atoms with Gasteiger partial charge in [0.25, 0.3) is 5.91 Å². The third-order valence-corrected chi connectivity index (χ3v) is 7.29. The zero-order valence-electron chi connectivity index (χ0n) is 20.9. The largest absolute Gasteiger partial charge is 0.484 e. The zero-order chi connectivity index (χ0) is 26.9. The molecule has 2 N–H and O–H groups in total. The van der Waals surface area contributed by atoms with Gasteiger partial charge in [0.05, 0.1) is 12.9 Å². The molecule has 4 rings (SSSR count). The van der Waals surface area contributed by atoms with E-state index < -0.39 is 5.97 Å². The summed E-state index contributed by atoms with van der Waals surface area (Å²) in [5, 5.41) is 7.93. The molecule has 0 saturated heterocycles. The van der Waals surface area contributed by atoms with Gasteiger partial charge in [-0.2, -0.15) is 0 Å². The molecule has 0 aliphatic heterocycles. The van der Waals surface area contributed by atoms with E-state index in [-0.39, 0.29) is 24.2 Å². The van der Waals surface area contributed by atoms with Gasteiger partial charge in [-0.05, 0) is 42.8 Å². The van der Waals surface area contributed by atoms with Gasteiger partial charge in [-0.1, -0.05) is 54.1 Å². The maximum absolute atomic E-state index is 12.8. The topological polar surface area (TPSA) is 93.7 Å². The molecule has 1 aromatic heterocycles. The SMILES string of the molecule is COC(=O)c1c(-c2ccc(C)cc2)csc1NC(=O)CSc1cccc(NC(=O)COc2ccccc2)c1. The third-order valence-electron chi connectivity index (χ3n) is 5.40. The van der Waals surface area contributed by atoms with E-state index >= 15 is 0 Å². The highest BCUT2D eigenvalue weighted by atomic mass is 32.2. The van der Waals surface area contributed by atoms with E-state index in [1.54, 1.807) is 30.3 Å². The number of thioether (sulfide) groups is 1. The van der Waals surface area contributed by atoms with Crippen LogP contribution < -0.4 is 15.4 Å². The van der Waals surface area contributed by atoms with Crippen LogP contribution in [0.1, 0.15) is 15.9 Å². The highest BCUT2D eigenvalue weighted by Crippen LogP contribution is 2.36. The number of esters is 1. The van der Waals surface area contributed by atoms with Crippen LogP contribution in [0.5, 0.6) is 5.75 Å². The molecule has 0 aliphatic carbocycles. The third kappa shape index (κ3) is 7.24. The van der Waals surface area contributed by atoms with E-state index in [9.17, 15) is 14.4 Å². The van der Waals surface area contributed by atoms with Crippen LogP contribution in [-0.2, 0) is 14.3 Å². The Balaban J connectivity index is 1.35. The van der Waals surface area contributed by atoms with E-state index in [0.29, 0.717) is 27.6 Å². The summed E-state index contributed by atoms with van der Waals surface area (Å²) < 4.78 is 10.5. The van der Waals surface area contributed by atoms with E-state index in [1.807, 2.05) is 60.8 Å². The number of anilines is 2. The minimum Gasteiger partial charge on any atom is -0.484 e. The molecule has 38 heavy (non-hydrogen) atoms. The number of ether oxygens (including phenoxy) is 2. The number of hydrogen-bond acceptors (Lipinski definition) is 7. The lowest BCUT2D eigenvalue weighted by atomic mass is 10.0. The van der Waals surface area contributed by atoms with Gasteiger partial charge in [0.2, 0.25) is 5.91 Å². The maximum atomic E-state index is 12.8. The first kappa shape index (κ1) is 27.0. The molecule has 194 valence electrons. The smallest absolute Gasteiger partial charge is 0.341 e. The Morgan fingerprint density at radius 3 is 2.39 bits per heavy atom. The summed E-state index contributed by atoms with van der Waals surface area (Å²) >= 11 is 2.60. The van der Waals surface area contributed by atoms with Crippen LogP contribution >= 0.6 is 23.1 Å². The number of carbonyl (C=O) groups is 3. The van der Waals surface area contributed by atoms with E-state index in [0.717, 1.165) is 16.0 Å². The van der Waals surface area contributed by atoms with Crippen molar-refractivity contribution in [3.8, 4) is 16.9 Å². The summed E-state index contributed by atoms with van der Waals surface area (Å²) in [6.07, 6.45) is 0. The molecule has 3 aromatic carbocycles. The fourth-order valence-corrected chi connectivity index (χ4v) is 5.27. The lowest BCUT2D eigenvalue weighted by molar-refractivity contribution is -0.118. The summed E-state index contributed by atoms with van der Waals surface area (Å²) in [6.45, 7) is 1.88. The van der Waals surface area contributed by atoms with Gasteiger partial charge in [-0.25, -0.2) is 4.79 Å². The van der Waals surface area contributed by atoms with Gasteiger partial charge < -0.3 is 20.1 Å². The molecule has 0 fully saturated rings. The molecule has 1 heterocycles. The summed E-state index contributed by atoms with van der Waals surface area (Å²) in [7, 11) is 1.32. The lowest BCUT2D eigenvalue weighted by Gasteiger charge is -2.10. The molecule has 4 aromatic rings. The van der Waals surface area contributed by atoms with Crippen molar-refractivity contribution in [3.05, 3.63) is 95.4 Å². The van der Waals surface area contributed by atoms with Crippen molar-refractivity contribution in [2.45, 2.75) is 11.8 Å². The average molecular weight is 547 g/mol. The van der Waals surface area contributed by atoms with Crippen molar-refractivity contribution in [2.24, 2.45) is 0 Å². The number of hydrogen-bond donors (Lipinski definition) is 2. The molecule has 9 heteroatoms. The number of carbonyl (C=O) groups excluding carboxylic acids is 3. The summed E-state index contributed by atoms with van der Waals surface area (Å²) in [4.78, 5) is 38.4. The first-order valence-electron chi connectivity index (χ1n) is 11.7. The number of aryl methyl sites for hydroxylation is 1. The van der Waals surface area contributed by atoms with Crippen LogP contribution in [0, 0.1) is 6.92 Å². The second kappa shape index (κ2) is 12.9. The molecule has 0 bridgehead atoms. The molecular formula is C29H26N2O5S2. The standard InChI is InChI=1S/C29H26N2O5S2/c1-19-11-13-20(14-12-19)24-17-38-28(27(24)29(34)35-2)31-26(33)18-37-23-10-6-7-21(15-23)30-25(32)16-36-22-8-4-3-5-9-22/h3-15,17H,16,18H2,1-2H3,(H,30,32)(H,31,33). The van der Waals surface area contributed by atoms with Gasteiger partial charge in [-0.3, -0.25) is 9.59 Å². The predicted molar refractivity (Wildman–Crippen MR) is 152 cm³/mol. The van der Waals surface area contributed by atoms with Gasteiger partial charge in [-0.15, -0.1) is 23.1 Å². The van der Waals surface area contributed by atoms with Crippen LogP contribution in [0.2, 0.25) is 0 Å². The summed E-state index contributed by atoms with van der Waals surface area (Å²) in [5.74, 6) is -0.323. The molecule has 0 radical (unpaired) electrons. The van der Waals surface area contributed by atoms with Crippen LogP contribution in [0.25, 0.3) is 11.1 Å². The number of thiophene rings is 1. The zero-order valence-corrected chi connectivity index (χ0v) is 22.5. The fraction of sp³-hybridized carbons (Fsp3) is 0.138. The van der Waals surface area contributed by atoms with E-state index in [2.05, 4.69) is 10.6 Å². The molecule has 0 saturated carbocycles. The van der Waals surface area contributed by atoms with E-state index in [4.69, 9.17) is 9.47 Å². The average Bonchev–Trinajstić information content (AvgIpc) is 3.35. The van der Waals surface area contributed by atoms with Crippen LogP contribution in [0.4, 0.5) is 10.7 Å². The molecule has 0 spiro atoms. The first-order valence-corrected chi connectivity index (χ1v) is 13.6.